The summed E-state index contributed by atoms with van der Waals surface area (Å²) < 4.78 is 0. The predicted octanol–water partition coefficient (Wildman–Crippen LogP) is 2.79. The number of carbonyl (C=O) groups excluding carboxylic acids is 1. The van der Waals surface area contributed by atoms with Crippen LogP contribution >= 0.6 is 0 Å². The van der Waals surface area contributed by atoms with E-state index in [0.717, 1.165) is 22.6 Å². The van der Waals surface area contributed by atoms with Gasteiger partial charge in [0.05, 0.1) is 24.0 Å². The van der Waals surface area contributed by atoms with E-state index in [4.69, 9.17) is 5.73 Å². The Labute approximate surface area is 118 Å². The molecule has 4 heteroatoms. The van der Waals surface area contributed by atoms with Gasteiger partial charge in [0, 0.05) is 5.69 Å². The fourth-order valence-electron chi connectivity index (χ4n) is 2.60. The molecule has 0 aromatic heterocycles. The predicted molar refractivity (Wildman–Crippen MR) is 81.7 cm³/mol. The molecule has 2 aromatic rings. The van der Waals surface area contributed by atoms with E-state index >= 15 is 0 Å². The number of anilines is 3. The fourth-order valence-corrected chi connectivity index (χ4v) is 2.60. The third-order valence-electron chi connectivity index (χ3n) is 3.66. The van der Waals surface area contributed by atoms with Crippen molar-refractivity contribution >= 4 is 23.0 Å². The Morgan fingerprint density at radius 1 is 1.20 bits per heavy atom. The number of hydrogen-bond acceptors (Lipinski definition) is 3. The van der Waals surface area contributed by atoms with Crippen molar-refractivity contribution in [2.24, 2.45) is 0 Å². The molecule has 0 aliphatic carbocycles. The Bertz CT molecular complexity index is 654. The summed E-state index contributed by atoms with van der Waals surface area (Å²) in [4.78, 5) is 14.0. The van der Waals surface area contributed by atoms with Crippen LogP contribution in [0, 0.1) is 0 Å². The zero-order chi connectivity index (χ0) is 14.1. The zero-order valence-electron chi connectivity index (χ0n) is 11.3. The third-order valence-corrected chi connectivity index (χ3v) is 3.66. The standard InChI is InChI=1S/C16H17N3O/c1-11(12-5-4-6-13(17)9-12)19-10-16(20)18-14-7-2-3-8-15(14)19/h2-9,11H,10,17H2,1H3,(H,18,20). The number of rotatable bonds is 2. The monoisotopic (exact) mass is 267 g/mol. The van der Waals surface area contributed by atoms with E-state index < -0.39 is 0 Å². The van der Waals surface area contributed by atoms with Crippen molar-refractivity contribution in [1.29, 1.82) is 0 Å². The number of para-hydroxylation sites is 2. The van der Waals surface area contributed by atoms with Crippen LogP contribution in [-0.2, 0) is 4.79 Å². The topological polar surface area (TPSA) is 58.4 Å². The molecule has 1 amide bonds. The molecule has 1 unspecified atom stereocenters. The average molecular weight is 267 g/mol. The molecule has 1 aliphatic rings. The quantitative estimate of drug-likeness (QED) is 0.823. The molecule has 3 rings (SSSR count). The van der Waals surface area contributed by atoms with Gasteiger partial charge in [0.15, 0.2) is 0 Å². The van der Waals surface area contributed by atoms with Crippen molar-refractivity contribution in [2.75, 3.05) is 22.5 Å². The molecule has 1 heterocycles. The maximum absolute atomic E-state index is 11.9. The SMILES string of the molecule is CC(c1cccc(N)c1)N1CC(=O)Nc2ccccc21. The van der Waals surface area contributed by atoms with Crippen LogP contribution in [0.3, 0.4) is 0 Å². The first-order valence-corrected chi connectivity index (χ1v) is 6.66. The number of nitrogens with zero attached hydrogens (tertiary/aromatic N) is 1. The van der Waals surface area contributed by atoms with Gasteiger partial charge in [0.2, 0.25) is 5.91 Å². The number of carbonyl (C=O) groups is 1. The number of benzene rings is 2. The third kappa shape index (κ3) is 2.20. The van der Waals surface area contributed by atoms with Crippen LogP contribution in [0.1, 0.15) is 18.5 Å². The second-order valence-corrected chi connectivity index (χ2v) is 5.04. The van der Waals surface area contributed by atoms with Gasteiger partial charge >= 0.3 is 0 Å². The average Bonchev–Trinajstić information content (AvgIpc) is 2.45. The van der Waals surface area contributed by atoms with Gasteiger partial charge in [-0.15, -0.1) is 0 Å². The van der Waals surface area contributed by atoms with Gasteiger partial charge in [-0.1, -0.05) is 24.3 Å². The fraction of sp³-hybridized carbons (Fsp3) is 0.188. The lowest BCUT2D eigenvalue weighted by Crippen LogP contribution is -2.39. The molecular formula is C16H17N3O. The smallest absolute Gasteiger partial charge is 0.243 e. The molecule has 4 nitrogen and oxygen atoms in total. The van der Waals surface area contributed by atoms with Crippen LogP contribution in [0.5, 0.6) is 0 Å². The van der Waals surface area contributed by atoms with Crippen LogP contribution in [0.25, 0.3) is 0 Å². The first kappa shape index (κ1) is 12.5. The summed E-state index contributed by atoms with van der Waals surface area (Å²) in [5, 5.41) is 2.90. The molecule has 0 saturated carbocycles. The molecular weight excluding hydrogens is 250 g/mol. The lowest BCUT2D eigenvalue weighted by atomic mass is 10.0. The highest BCUT2D eigenvalue weighted by Crippen LogP contribution is 2.35. The molecule has 102 valence electrons. The van der Waals surface area contributed by atoms with Crippen molar-refractivity contribution in [3.05, 3.63) is 54.1 Å². The number of nitrogens with one attached hydrogen (secondary N) is 1. The molecule has 20 heavy (non-hydrogen) atoms. The first-order valence-electron chi connectivity index (χ1n) is 6.66. The summed E-state index contributed by atoms with van der Waals surface area (Å²) >= 11 is 0. The van der Waals surface area contributed by atoms with Crippen molar-refractivity contribution in [3.63, 3.8) is 0 Å². The molecule has 3 N–H and O–H groups in total. The van der Waals surface area contributed by atoms with Crippen molar-refractivity contribution < 1.29 is 4.79 Å². The number of amides is 1. The molecule has 0 bridgehead atoms. The second-order valence-electron chi connectivity index (χ2n) is 5.04. The van der Waals surface area contributed by atoms with E-state index in [9.17, 15) is 4.79 Å². The van der Waals surface area contributed by atoms with Crippen molar-refractivity contribution in [2.45, 2.75) is 13.0 Å². The highest BCUT2D eigenvalue weighted by atomic mass is 16.2. The maximum atomic E-state index is 11.9. The van der Waals surface area contributed by atoms with Crippen LogP contribution in [-0.4, -0.2) is 12.5 Å². The molecule has 0 saturated heterocycles. The number of hydrogen-bond donors (Lipinski definition) is 2. The second kappa shape index (κ2) is 4.89. The zero-order valence-corrected chi connectivity index (χ0v) is 11.3. The largest absolute Gasteiger partial charge is 0.399 e. The lowest BCUT2D eigenvalue weighted by molar-refractivity contribution is -0.115. The van der Waals surface area contributed by atoms with E-state index in [1.54, 1.807) is 0 Å². The number of nitrogen functional groups attached to an aromatic ring is 1. The van der Waals surface area contributed by atoms with Gasteiger partial charge in [0.1, 0.15) is 0 Å². The Balaban J connectivity index is 1.99. The molecule has 1 atom stereocenters. The van der Waals surface area contributed by atoms with E-state index in [1.165, 1.54) is 0 Å². The van der Waals surface area contributed by atoms with Gasteiger partial charge < -0.3 is 16.0 Å². The Hall–Kier alpha value is -2.49. The molecule has 0 spiro atoms. The Morgan fingerprint density at radius 2 is 2.00 bits per heavy atom. The summed E-state index contributed by atoms with van der Waals surface area (Å²) in [7, 11) is 0. The Kier molecular flexibility index (Phi) is 3.06. The van der Waals surface area contributed by atoms with Crippen LogP contribution < -0.4 is 16.0 Å². The molecule has 2 aromatic carbocycles. The van der Waals surface area contributed by atoms with Gasteiger partial charge in [-0.05, 0) is 36.8 Å². The van der Waals surface area contributed by atoms with Gasteiger partial charge in [0.25, 0.3) is 0 Å². The van der Waals surface area contributed by atoms with E-state index in [1.807, 2.05) is 48.5 Å². The highest BCUT2D eigenvalue weighted by Gasteiger charge is 2.26. The minimum absolute atomic E-state index is 0.0134. The molecule has 0 radical (unpaired) electrons. The first-order chi connectivity index (χ1) is 9.65. The minimum atomic E-state index is 0.0134. The number of nitrogens with two attached hydrogens (primary N) is 1. The maximum Gasteiger partial charge on any atom is 0.243 e. The van der Waals surface area contributed by atoms with E-state index in [0.29, 0.717) is 6.54 Å². The normalized spacial score (nSPS) is 15.4. The van der Waals surface area contributed by atoms with Crippen LogP contribution in [0.15, 0.2) is 48.5 Å². The summed E-state index contributed by atoms with van der Waals surface area (Å²) in [6, 6.07) is 15.7. The highest BCUT2D eigenvalue weighted by molar-refractivity contribution is 6.01. The van der Waals surface area contributed by atoms with Crippen LogP contribution in [0.4, 0.5) is 17.1 Å². The van der Waals surface area contributed by atoms with E-state index in [2.05, 4.69) is 17.1 Å². The molecule has 0 fully saturated rings. The summed E-state index contributed by atoms with van der Waals surface area (Å²) in [6.07, 6.45) is 0. The summed E-state index contributed by atoms with van der Waals surface area (Å²) in [5.41, 5.74) is 9.60. The lowest BCUT2D eigenvalue weighted by Gasteiger charge is -2.36. The Morgan fingerprint density at radius 3 is 2.80 bits per heavy atom. The van der Waals surface area contributed by atoms with Gasteiger partial charge in [-0.3, -0.25) is 4.79 Å². The molecule has 1 aliphatic heterocycles. The van der Waals surface area contributed by atoms with Gasteiger partial charge in [-0.2, -0.15) is 0 Å². The number of fused-ring (bicyclic) bond motifs is 1. The van der Waals surface area contributed by atoms with Crippen molar-refractivity contribution in [1.82, 2.24) is 0 Å². The minimum Gasteiger partial charge on any atom is -0.399 e. The van der Waals surface area contributed by atoms with Crippen LogP contribution in [0.2, 0.25) is 0 Å². The van der Waals surface area contributed by atoms with Crippen molar-refractivity contribution in [3.8, 4) is 0 Å². The summed E-state index contributed by atoms with van der Waals surface area (Å²) in [5.74, 6) is 0.0134. The van der Waals surface area contributed by atoms with Gasteiger partial charge in [-0.25, -0.2) is 0 Å². The summed E-state index contributed by atoms with van der Waals surface area (Å²) in [6.45, 7) is 2.44. The van der Waals surface area contributed by atoms with E-state index in [-0.39, 0.29) is 11.9 Å².